The van der Waals surface area contributed by atoms with Gasteiger partial charge in [-0.1, -0.05) is 11.6 Å². The van der Waals surface area contributed by atoms with Gasteiger partial charge in [0, 0.05) is 6.07 Å². The summed E-state index contributed by atoms with van der Waals surface area (Å²) in [5, 5.41) is -0.284. The van der Waals surface area contributed by atoms with Gasteiger partial charge in [0.05, 0.1) is 17.7 Å². The van der Waals surface area contributed by atoms with Gasteiger partial charge in [-0.3, -0.25) is 4.79 Å². The molecule has 0 heterocycles. The van der Waals surface area contributed by atoms with E-state index in [0.717, 1.165) is 6.07 Å². The third-order valence-corrected chi connectivity index (χ3v) is 1.89. The Bertz CT molecular complexity index is 354. The number of amides is 1. The number of hydrogen-bond donors (Lipinski definition) is 1. The Hall–Kier alpha value is -1.29. The monoisotopic (exact) mass is 203 g/mol. The zero-order valence-corrected chi connectivity index (χ0v) is 7.56. The quantitative estimate of drug-likeness (QED) is 0.794. The van der Waals surface area contributed by atoms with Gasteiger partial charge >= 0.3 is 0 Å². The maximum absolute atomic E-state index is 13.0. The van der Waals surface area contributed by atoms with Crippen LogP contribution >= 0.6 is 11.6 Å². The molecule has 0 atom stereocenters. The SMILES string of the molecule is COc1cc(F)c(Cl)c(C(N)=O)c1. The third-order valence-electron chi connectivity index (χ3n) is 1.50. The average molecular weight is 204 g/mol. The summed E-state index contributed by atoms with van der Waals surface area (Å²) >= 11 is 5.49. The van der Waals surface area contributed by atoms with Gasteiger partial charge in [0.25, 0.3) is 0 Å². The second kappa shape index (κ2) is 3.62. The fourth-order valence-corrected chi connectivity index (χ4v) is 1.06. The van der Waals surface area contributed by atoms with Crippen LogP contribution in [-0.2, 0) is 0 Å². The van der Waals surface area contributed by atoms with Crippen molar-refractivity contribution < 1.29 is 13.9 Å². The smallest absolute Gasteiger partial charge is 0.250 e. The topological polar surface area (TPSA) is 52.3 Å². The largest absolute Gasteiger partial charge is 0.497 e. The zero-order valence-electron chi connectivity index (χ0n) is 6.80. The molecule has 0 spiro atoms. The van der Waals surface area contributed by atoms with Crippen LogP contribution in [0.1, 0.15) is 10.4 Å². The molecule has 1 aromatic rings. The minimum Gasteiger partial charge on any atom is -0.497 e. The van der Waals surface area contributed by atoms with Crippen LogP contribution in [0.5, 0.6) is 5.75 Å². The Kier molecular flexibility index (Phi) is 2.72. The molecular weight excluding hydrogens is 197 g/mol. The molecule has 0 saturated heterocycles. The number of primary amides is 1. The summed E-state index contributed by atoms with van der Waals surface area (Å²) in [5.74, 6) is -1.31. The highest BCUT2D eigenvalue weighted by atomic mass is 35.5. The van der Waals surface area contributed by atoms with E-state index in [1.54, 1.807) is 0 Å². The summed E-state index contributed by atoms with van der Waals surface area (Å²) in [5.41, 5.74) is 4.88. The molecule has 0 aliphatic rings. The van der Waals surface area contributed by atoms with Crippen molar-refractivity contribution >= 4 is 17.5 Å². The van der Waals surface area contributed by atoms with Crippen molar-refractivity contribution in [1.82, 2.24) is 0 Å². The molecular formula is C8H7ClFNO2. The lowest BCUT2D eigenvalue weighted by Gasteiger charge is -2.04. The predicted molar refractivity (Wildman–Crippen MR) is 46.5 cm³/mol. The van der Waals surface area contributed by atoms with Gasteiger partial charge in [0.1, 0.15) is 11.6 Å². The number of halogens is 2. The van der Waals surface area contributed by atoms with Gasteiger partial charge in [-0.2, -0.15) is 0 Å². The highest BCUT2D eigenvalue weighted by Gasteiger charge is 2.13. The van der Waals surface area contributed by atoms with Crippen LogP contribution in [0.15, 0.2) is 12.1 Å². The molecule has 2 N–H and O–H groups in total. The number of hydrogen-bond acceptors (Lipinski definition) is 2. The molecule has 0 saturated carbocycles. The molecule has 13 heavy (non-hydrogen) atoms. The molecule has 3 nitrogen and oxygen atoms in total. The van der Waals surface area contributed by atoms with Gasteiger partial charge in [0.15, 0.2) is 0 Å². The zero-order chi connectivity index (χ0) is 10.0. The van der Waals surface area contributed by atoms with Crippen LogP contribution in [0.3, 0.4) is 0 Å². The van der Waals surface area contributed by atoms with E-state index < -0.39 is 11.7 Å². The lowest BCUT2D eigenvalue weighted by Crippen LogP contribution is -2.12. The lowest BCUT2D eigenvalue weighted by molar-refractivity contribution is 0.0999. The number of nitrogens with two attached hydrogens (primary N) is 1. The fraction of sp³-hybridized carbons (Fsp3) is 0.125. The molecule has 1 rings (SSSR count). The van der Waals surface area contributed by atoms with Gasteiger partial charge in [-0.15, -0.1) is 0 Å². The summed E-state index contributed by atoms with van der Waals surface area (Å²) in [7, 11) is 1.35. The van der Waals surface area contributed by atoms with E-state index in [1.165, 1.54) is 13.2 Å². The summed E-state index contributed by atoms with van der Waals surface area (Å²) in [6.07, 6.45) is 0. The Labute approximate surface area is 79.2 Å². The van der Waals surface area contributed by atoms with Gasteiger partial charge < -0.3 is 10.5 Å². The molecule has 70 valence electrons. The second-order valence-corrected chi connectivity index (χ2v) is 2.71. The van der Waals surface area contributed by atoms with E-state index in [2.05, 4.69) is 0 Å². The fourth-order valence-electron chi connectivity index (χ4n) is 0.861. The number of rotatable bonds is 2. The van der Waals surface area contributed by atoms with E-state index in [9.17, 15) is 9.18 Å². The summed E-state index contributed by atoms with van der Waals surface area (Å²) in [6.45, 7) is 0. The molecule has 0 aliphatic carbocycles. The Morgan fingerprint density at radius 1 is 1.62 bits per heavy atom. The van der Waals surface area contributed by atoms with E-state index in [-0.39, 0.29) is 16.3 Å². The maximum Gasteiger partial charge on any atom is 0.250 e. The number of benzene rings is 1. The van der Waals surface area contributed by atoms with Crippen molar-refractivity contribution in [2.24, 2.45) is 5.73 Å². The van der Waals surface area contributed by atoms with Crippen LogP contribution in [-0.4, -0.2) is 13.0 Å². The molecule has 5 heteroatoms. The molecule has 0 fully saturated rings. The standard InChI is InChI=1S/C8H7ClFNO2/c1-13-4-2-5(8(11)12)7(9)6(10)3-4/h2-3H,1H3,(H2,11,12). The summed E-state index contributed by atoms with van der Waals surface area (Å²) in [6, 6.07) is 2.36. The lowest BCUT2D eigenvalue weighted by atomic mass is 10.2. The Morgan fingerprint density at radius 2 is 2.23 bits per heavy atom. The first kappa shape index (κ1) is 9.80. The molecule has 1 amide bonds. The van der Waals surface area contributed by atoms with Crippen molar-refractivity contribution in [2.75, 3.05) is 7.11 Å². The van der Waals surface area contributed by atoms with Crippen LogP contribution in [0.2, 0.25) is 5.02 Å². The molecule has 0 aliphatic heterocycles. The van der Waals surface area contributed by atoms with E-state index in [4.69, 9.17) is 22.1 Å². The van der Waals surface area contributed by atoms with Gasteiger partial charge in [0.2, 0.25) is 5.91 Å². The highest BCUT2D eigenvalue weighted by Crippen LogP contribution is 2.25. The summed E-state index contributed by atoms with van der Waals surface area (Å²) in [4.78, 5) is 10.8. The van der Waals surface area contributed by atoms with Crippen molar-refractivity contribution in [2.45, 2.75) is 0 Å². The summed E-state index contributed by atoms with van der Waals surface area (Å²) < 4.78 is 17.7. The third kappa shape index (κ3) is 1.89. The maximum atomic E-state index is 13.0. The van der Waals surface area contributed by atoms with E-state index in [1.807, 2.05) is 0 Å². The molecule has 0 bridgehead atoms. The first-order valence-corrected chi connectivity index (χ1v) is 3.77. The van der Waals surface area contributed by atoms with Crippen molar-refractivity contribution in [3.8, 4) is 5.75 Å². The number of ether oxygens (including phenoxy) is 1. The van der Waals surface area contributed by atoms with Gasteiger partial charge in [-0.25, -0.2) is 4.39 Å². The first-order chi connectivity index (χ1) is 6.06. The second-order valence-electron chi connectivity index (χ2n) is 2.34. The minimum absolute atomic E-state index is 0.0847. The van der Waals surface area contributed by atoms with E-state index >= 15 is 0 Å². The van der Waals surface area contributed by atoms with Crippen LogP contribution in [0.25, 0.3) is 0 Å². The minimum atomic E-state index is -0.789. The number of methoxy groups -OCH3 is 1. The molecule has 0 unspecified atom stereocenters. The van der Waals surface area contributed by atoms with Crippen molar-refractivity contribution in [3.05, 3.63) is 28.5 Å². The van der Waals surface area contributed by atoms with Crippen LogP contribution < -0.4 is 10.5 Å². The van der Waals surface area contributed by atoms with Crippen LogP contribution in [0, 0.1) is 5.82 Å². The predicted octanol–water partition coefficient (Wildman–Crippen LogP) is 1.59. The first-order valence-electron chi connectivity index (χ1n) is 3.39. The Morgan fingerprint density at radius 3 is 2.69 bits per heavy atom. The number of carbonyl (C=O) groups excluding carboxylic acids is 1. The molecule has 1 aromatic carbocycles. The number of carbonyl (C=O) groups is 1. The highest BCUT2D eigenvalue weighted by molar-refractivity contribution is 6.34. The van der Waals surface area contributed by atoms with E-state index in [0.29, 0.717) is 0 Å². The van der Waals surface area contributed by atoms with Gasteiger partial charge in [-0.05, 0) is 6.07 Å². The Balaban J connectivity index is 3.33. The molecule has 0 aromatic heterocycles. The molecule has 0 radical (unpaired) electrons. The normalized spacial score (nSPS) is 9.77. The average Bonchev–Trinajstić information content (AvgIpc) is 2.09. The van der Waals surface area contributed by atoms with Crippen molar-refractivity contribution in [3.63, 3.8) is 0 Å². The van der Waals surface area contributed by atoms with Crippen LogP contribution in [0.4, 0.5) is 4.39 Å². The van der Waals surface area contributed by atoms with Crippen molar-refractivity contribution in [1.29, 1.82) is 0 Å².